The number of carbonyl (C=O) groups is 2. The van der Waals surface area contributed by atoms with Gasteiger partial charge in [0.2, 0.25) is 5.92 Å². The van der Waals surface area contributed by atoms with E-state index in [4.69, 9.17) is 9.47 Å². The lowest BCUT2D eigenvalue weighted by Crippen LogP contribution is -2.41. The third-order valence-electron chi connectivity index (χ3n) is 7.69. The van der Waals surface area contributed by atoms with Crippen molar-refractivity contribution in [3.05, 3.63) is 65.6 Å². The van der Waals surface area contributed by atoms with E-state index in [1.54, 1.807) is 12.3 Å². The zero-order chi connectivity index (χ0) is 26.8. The Bertz CT molecular complexity index is 1280. The minimum Gasteiger partial charge on any atom is -0.481 e. The van der Waals surface area contributed by atoms with Crippen molar-refractivity contribution in [3.63, 3.8) is 0 Å². The number of carbonyl (C=O) groups excluding carboxylic acids is 1. The average Bonchev–Trinajstić information content (AvgIpc) is 3.35. The number of carboxylic acids is 1. The molecule has 1 aliphatic carbocycles. The molecule has 9 nitrogen and oxygen atoms in total. The summed E-state index contributed by atoms with van der Waals surface area (Å²) in [5, 5.41) is 17.3. The van der Waals surface area contributed by atoms with Crippen LogP contribution in [0.25, 0.3) is 5.65 Å². The molecular formula is C27H30F2N4O5. The van der Waals surface area contributed by atoms with Gasteiger partial charge < -0.3 is 19.9 Å². The third kappa shape index (κ3) is 5.47. The highest BCUT2D eigenvalue weighted by Crippen LogP contribution is 2.41. The third-order valence-corrected chi connectivity index (χ3v) is 7.69. The summed E-state index contributed by atoms with van der Waals surface area (Å²) in [5.41, 5.74) is 1.10. The van der Waals surface area contributed by atoms with E-state index in [2.05, 4.69) is 15.4 Å². The number of hydrogen-bond acceptors (Lipinski definition) is 6. The summed E-state index contributed by atoms with van der Waals surface area (Å²) in [5.74, 6) is -3.94. The molecule has 1 amide bonds. The predicted octanol–water partition coefficient (Wildman–Crippen LogP) is 4.66. The van der Waals surface area contributed by atoms with Crippen molar-refractivity contribution >= 4 is 17.7 Å². The first-order chi connectivity index (χ1) is 18.3. The summed E-state index contributed by atoms with van der Waals surface area (Å²) in [6, 6.07) is 10.2. The van der Waals surface area contributed by atoms with Crippen LogP contribution in [0.4, 0.5) is 13.6 Å². The number of carboxylic acid groups (broad SMARTS) is 1. The van der Waals surface area contributed by atoms with Crippen LogP contribution < -0.4 is 5.32 Å². The highest BCUT2D eigenvalue weighted by Gasteiger charge is 2.43. The van der Waals surface area contributed by atoms with Gasteiger partial charge in [-0.15, -0.1) is 0 Å². The van der Waals surface area contributed by atoms with Crippen LogP contribution in [0.2, 0.25) is 0 Å². The van der Waals surface area contributed by atoms with E-state index in [1.807, 2.05) is 30.3 Å². The Kier molecular flexibility index (Phi) is 7.29. The molecule has 3 heterocycles. The van der Waals surface area contributed by atoms with E-state index < -0.39 is 29.4 Å². The maximum Gasteiger partial charge on any atom is 0.408 e. The Morgan fingerprint density at radius 2 is 1.87 bits per heavy atom. The molecule has 2 N–H and O–H groups in total. The molecule has 11 heteroatoms. The van der Waals surface area contributed by atoms with Crippen LogP contribution in [0.5, 0.6) is 0 Å². The van der Waals surface area contributed by atoms with Crippen LogP contribution in [0.15, 0.2) is 48.8 Å². The van der Waals surface area contributed by atoms with Gasteiger partial charge in [0.1, 0.15) is 6.61 Å². The normalized spacial score (nSPS) is 20.1. The number of aromatic nitrogens is 3. The van der Waals surface area contributed by atoms with E-state index in [-0.39, 0.29) is 38.2 Å². The molecule has 0 bridgehead atoms. The minimum absolute atomic E-state index is 0.0686. The van der Waals surface area contributed by atoms with Gasteiger partial charge in [0.25, 0.3) is 0 Å². The zero-order valence-electron chi connectivity index (χ0n) is 20.8. The molecule has 1 saturated heterocycles. The monoisotopic (exact) mass is 528 g/mol. The van der Waals surface area contributed by atoms with Crippen LogP contribution >= 0.6 is 0 Å². The Balaban J connectivity index is 1.41. The summed E-state index contributed by atoms with van der Waals surface area (Å²) < 4.78 is 40.1. The Labute approximate surface area is 218 Å². The van der Waals surface area contributed by atoms with Crippen molar-refractivity contribution in [3.8, 4) is 0 Å². The van der Waals surface area contributed by atoms with Crippen LogP contribution in [0, 0.1) is 5.92 Å². The fraction of sp³-hybridized carbons (Fsp3) is 0.481. The molecule has 2 aromatic heterocycles. The maximum atomic E-state index is 13.9. The minimum atomic E-state index is -2.72. The highest BCUT2D eigenvalue weighted by atomic mass is 19.3. The zero-order valence-corrected chi connectivity index (χ0v) is 20.8. The first-order valence-corrected chi connectivity index (χ1v) is 12.8. The summed E-state index contributed by atoms with van der Waals surface area (Å²) in [6.07, 6.45) is 3.02. The number of nitrogens with one attached hydrogen (secondary N) is 1. The molecule has 1 atom stereocenters. The smallest absolute Gasteiger partial charge is 0.408 e. The fourth-order valence-corrected chi connectivity index (χ4v) is 5.37. The number of halogens is 2. The number of hydrogen-bond donors (Lipinski definition) is 2. The quantitative estimate of drug-likeness (QED) is 0.459. The number of ether oxygens (including phenoxy) is 2. The molecule has 0 radical (unpaired) electrons. The van der Waals surface area contributed by atoms with Gasteiger partial charge in [-0.2, -0.15) is 5.10 Å². The van der Waals surface area contributed by atoms with Gasteiger partial charge in [-0.05, 0) is 48.8 Å². The fourth-order valence-electron chi connectivity index (χ4n) is 5.37. The van der Waals surface area contributed by atoms with E-state index in [1.165, 1.54) is 10.7 Å². The molecular weight excluding hydrogens is 498 g/mol. The second-order valence-electron chi connectivity index (χ2n) is 10.1. The van der Waals surface area contributed by atoms with E-state index in [0.717, 1.165) is 5.56 Å². The van der Waals surface area contributed by atoms with Crippen LogP contribution in [-0.4, -0.2) is 50.9 Å². The van der Waals surface area contributed by atoms with Crippen molar-refractivity contribution < 1.29 is 33.0 Å². The van der Waals surface area contributed by atoms with E-state index in [0.29, 0.717) is 43.0 Å². The predicted molar refractivity (Wildman–Crippen MR) is 132 cm³/mol. The number of alkyl carbamates (subject to hydrolysis) is 1. The van der Waals surface area contributed by atoms with Crippen molar-refractivity contribution in [1.82, 2.24) is 19.9 Å². The van der Waals surface area contributed by atoms with Crippen molar-refractivity contribution in [1.29, 1.82) is 0 Å². The Morgan fingerprint density at radius 3 is 2.55 bits per heavy atom. The largest absolute Gasteiger partial charge is 0.481 e. The van der Waals surface area contributed by atoms with Gasteiger partial charge in [0.15, 0.2) is 5.65 Å². The van der Waals surface area contributed by atoms with Crippen LogP contribution in [0.3, 0.4) is 0 Å². The van der Waals surface area contributed by atoms with Crippen LogP contribution in [-0.2, 0) is 26.3 Å². The lowest BCUT2D eigenvalue weighted by molar-refractivity contribution is -0.147. The molecule has 1 aliphatic heterocycles. The molecule has 202 valence electrons. The number of benzene rings is 1. The maximum absolute atomic E-state index is 13.9. The molecule has 1 saturated carbocycles. The standard InChI is InChI=1S/C27H30F2N4O5/c28-27(29)8-6-19(7-9-27)23(32-25(36)38-17-18-4-2-1-3-5-18)21-16-33-22(31-21)14-20(15-30-33)26(24(34)35)10-12-37-13-11-26/h1-5,14-16,19,23H,6-13,17H2,(H,32,36)(H,34,35)/t23-/m0/s1. The molecule has 2 aliphatic rings. The first-order valence-electron chi connectivity index (χ1n) is 12.8. The Hall–Kier alpha value is -3.60. The van der Waals surface area contributed by atoms with Gasteiger partial charge >= 0.3 is 12.1 Å². The number of nitrogens with zero attached hydrogens (tertiary/aromatic N) is 3. The van der Waals surface area contributed by atoms with Crippen molar-refractivity contribution in [2.24, 2.45) is 5.92 Å². The molecule has 5 rings (SSSR count). The highest BCUT2D eigenvalue weighted by molar-refractivity contribution is 5.81. The number of fused-ring (bicyclic) bond motifs is 1. The lowest BCUT2D eigenvalue weighted by atomic mass is 9.75. The number of aliphatic carboxylic acids is 1. The molecule has 0 unspecified atom stereocenters. The van der Waals surface area contributed by atoms with Crippen LogP contribution in [0.1, 0.15) is 61.4 Å². The SMILES string of the molecule is O=C(N[C@H](c1cn2ncc(C3(C(=O)O)CCOCC3)cc2n1)C1CCC(F)(F)CC1)OCc1ccccc1. The molecule has 2 fully saturated rings. The molecule has 3 aromatic rings. The Morgan fingerprint density at radius 1 is 1.16 bits per heavy atom. The van der Waals surface area contributed by atoms with E-state index >= 15 is 0 Å². The summed E-state index contributed by atoms with van der Waals surface area (Å²) in [6.45, 7) is 0.736. The molecule has 0 spiro atoms. The number of alkyl halides is 2. The second-order valence-corrected chi connectivity index (χ2v) is 10.1. The van der Waals surface area contributed by atoms with E-state index in [9.17, 15) is 23.5 Å². The summed E-state index contributed by atoms with van der Waals surface area (Å²) >= 11 is 0. The topological polar surface area (TPSA) is 115 Å². The lowest BCUT2D eigenvalue weighted by Gasteiger charge is -2.33. The second kappa shape index (κ2) is 10.6. The summed E-state index contributed by atoms with van der Waals surface area (Å²) in [7, 11) is 0. The summed E-state index contributed by atoms with van der Waals surface area (Å²) in [4.78, 5) is 29.7. The van der Waals surface area contributed by atoms with Gasteiger partial charge in [0, 0.05) is 26.1 Å². The molecule has 38 heavy (non-hydrogen) atoms. The number of imidazole rings is 1. The number of amides is 1. The van der Waals surface area contributed by atoms with Gasteiger partial charge in [-0.25, -0.2) is 23.1 Å². The van der Waals surface area contributed by atoms with Gasteiger partial charge in [-0.1, -0.05) is 30.3 Å². The van der Waals surface area contributed by atoms with Crippen molar-refractivity contribution in [2.75, 3.05) is 13.2 Å². The van der Waals surface area contributed by atoms with Crippen molar-refractivity contribution in [2.45, 2.75) is 62.5 Å². The number of rotatable bonds is 7. The van der Waals surface area contributed by atoms with Gasteiger partial charge in [-0.3, -0.25) is 4.79 Å². The first kappa shape index (κ1) is 26.0. The average molecular weight is 529 g/mol. The van der Waals surface area contributed by atoms with Gasteiger partial charge in [0.05, 0.1) is 29.5 Å². The molecule has 1 aromatic carbocycles.